The van der Waals surface area contributed by atoms with Crippen molar-refractivity contribution in [2.24, 2.45) is 10.3 Å². The maximum atomic E-state index is 12.5. The summed E-state index contributed by atoms with van der Waals surface area (Å²) in [6.45, 7) is 3.02. The predicted molar refractivity (Wildman–Crippen MR) is 105 cm³/mol. The van der Waals surface area contributed by atoms with E-state index in [4.69, 9.17) is 4.74 Å². The molecule has 2 aliphatic rings. The molecule has 146 valence electrons. The molecule has 0 bridgehead atoms. The number of hydrogen-bond donors (Lipinski definition) is 0. The van der Waals surface area contributed by atoms with Crippen LogP contribution in [0.25, 0.3) is 0 Å². The zero-order valence-electron chi connectivity index (χ0n) is 15.6. The maximum absolute atomic E-state index is 12.5. The van der Waals surface area contributed by atoms with Crippen LogP contribution in [0.1, 0.15) is 37.0 Å². The summed E-state index contributed by atoms with van der Waals surface area (Å²) in [5.74, 6) is 0.105. The summed E-state index contributed by atoms with van der Waals surface area (Å²) in [7, 11) is -3.63. The number of rotatable bonds is 3. The molecule has 2 aromatic rings. The van der Waals surface area contributed by atoms with Crippen molar-refractivity contribution in [2.45, 2.75) is 30.8 Å². The van der Waals surface area contributed by atoms with Gasteiger partial charge < -0.3 is 9.64 Å². The monoisotopic (exact) mass is 398 g/mol. The van der Waals surface area contributed by atoms with Gasteiger partial charge in [-0.2, -0.15) is 8.42 Å². The van der Waals surface area contributed by atoms with Crippen LogP contribution in [0.3, 0.4) is 0 Å². The SMILES string of the molecule is C[C@H](OC(=O)C1CCN(C2=NS(=O)(=O)c3ccccc32)CC1)c1ccccc1. The molecule has 0 amide bonds. The fourth-order valence-corrected chi connectivity index (χ4v) is 4.93. The summed E-state index contributed by atoms with van der Waals surface area (Å²) in [4.78, 5) is 14.7. The number of hydrogen-bond acceptors (Lipinski definition) is 5. The third kappa shape index (κ3) is 3.54. The van der Waals surface area contributed by atoms with Crippen molar-refractivity contribution in [3.05, 3.63) is 65.7 Å². The highest BCUT2D eigenvalue weighted by Gasteiger charge is 2.35. The molecule has 0 radical (unpaired) electrons. The van der Waals surface area contributed by atoms with Gasteiger partial charge in [-0.3, -0.25) is 4.79 Å². The molecule has 0 aliphatic carbocycles. The van der Waals surface area contributed by atoms with Crippen molar-refractivity contribution in [1.29, 1.82) is 0 Å². The van der Waals surface area contributed by atoms with Crippen LogP contribution < -0.4 is 0 Å². The van der Waals surface area contributed by atoms with Gasteiger partial charge in [-0.15, -0.1) is 4.40 Å². The Kier molecular flexibility index (Phi) is 4.93. The molecular weight excluding hydrogens is 376 g/mol. The highest BCUT2D eigenvalue weighted by molar-refractivity contribution is 7.90. The average molecular weight is 398 g/mol. The molecule has 1 saturated heterocycles. The summed E-state index contributed by atoms with van der Waals surface area (Å²) in [6, 6.07) is 16.5. The van der Waals surface area contributed by atoms with Gasteiger partial charge in [0, 0.05) is 18.7 Å². The molecule has 0 spiro atoms. The Hall–Kier alpha value is -2.67. The van der Waals surface area contributed by atoms with Gasteiger partial charge in [-0.25, -0.2) is 0 Å². The van der Waals surface area contributed by atoms with Crippen LogP contribution in [0.15, 0.2) is 63.9 Å². The number of carbonyl (C=O) groups is 1. The Bertz CT molecular complexity index is 1010. The van der Waals surface area contributed by atoms with Crippen LogP contribution in [0.5, 0.6) is 0 Å². The van der Waals surface area contributed by atoms with E-state index in [0.717, 1.165) is 5.56 Å². The van der Waals surface area contributed by atoms with E-state index in [9.17, 15) is 13.2 Å². The van der Waals surface area contributed by atoms with E-state index in [0.29, 0.717) is 37.3 Å². The fourth-order valence-electron chi connectivity index (χ4n) is 3.71. The van der Waals surface area contributed by atoms with Crippen LogP contribution in [0.2, 0.25) is 0 Å². The molecule has 0 aromatic heterocycles. The summed E-state index contributed by atoms with van der Waals surface area (Å²) in [5, 5.41) is 0. The first-order chi connectivity index (χ1) is 13.5. The van der Waals surface area contributed by atoms with Gasteiger partial charge in [0.05, 0.1) is 5.92 Å². The highest BCUT2D eigenvalue weighted by atomic mass is 32.2. The summed E-state index contributed by atoms with van der Waals surface area (Å²) in [6.07, 6.45) is 0.936. The smallest absolute Gasteiger partial charge is 0.309 e. The van der Waals surface area contributed by atoms with E-state index in [1.165, 1.54) is 0 Å². The number of benzene rings is 2. The first kappa shape index (κ1) is 18.7. The fraction of sp³-hybridized carbons (Fsp3) is 0.333. The van der Waals surface area contributed by atoms with Crippen molar-refractivity contribution in [1.82, 2.24) is 4.90 Å². The first-order valence-electron chi connectivity index (χ1n) is 9.40. The molecular formula is C21H22N2O4S. The largest absolute Gasteiger partial charge is 0.458 e. The Labute approximate surface area is 164 Å². The van der Waals surface area contributed by atoms with E-state index >= 15 is 0 Å². The molecule has 2 aliphatic heterocycles. The topological polar surface area (TPSA) is 76.0 Å². The van der Waals surface area contributed by atoms with Crippen LogP contribution in [-0.2, 0) is 19.6 Å². The lowest BCUT2D eigenvalue weighted by molar-refractivity contribution is -0.155. The highest BCUT2D eigenvalue weighted by Crippen LogP contribution is 2.30. The van der Waals surface area contributed by atoms with Gasteiger partial charge in [-0.1, -0.05) is 42.5 Å². The van der Waals surface area contributed by atoms with Gasteiger partial charge in [-0.05, 0) is 37.5 Å². The minimum Gasteiger partial charge on any atom is -0.458 e. The van der Waals surface area contributed by atoms with Gasteiger partial charge in [0.1, 0.15) is 11.0 Å². The molecule has 0 saturated carbocycles. The Morgan fingerprint density at radius 3 is 2.43 bits per heavy atom. The zero-order valence-corrected chi connectivity index (χ0v) is 16.4. The van der Waals surface area contributed by atoms with Crippen LogP contribution >= 0.6 is 0 Å². The van der Waals surface area contributed by atoms with Crippen LogP contribution in [-0.4, -0.2) is 38.2 Å². The van der Waals surface area contributed by atoms with Gasteiger partial charge >= 0.3 is 5.97 Å². The molecule has 0 N–H and O–H groups in total. The lowest BCUT2D eigenvalue weighted by Gasteiger charge is -2.32. The molecule has 7 heteroatoms. The first-order valence-corrected chi connectivity index (χ1v) is 10.8. The number of esters is 1. The minimum absolute atomic E-state index is 0.184. The minimum atomic E-state index is -3.63. The molecule has 1 fully saturated rings. The Morgan fingerprint density at radius 2 is 1.71 bits per heavy atom. The quantitative estimate of drug-likeness (QED) is 0.743. The number of fused-ring (bicyclic) bond motifs is 1. The Morgan fingerprint density at radius 1 is 1.07 bits per heavy atom. The van der Waals surface area contributed by atoms with E-state index in [-0.39, 0.29) is 22.9 Å². The molecule has 4 rings (SSSR count). The lowest BCUT2D eigenvalue weighted by Crippen LogP contribution is -2.40. The second kappa shape index (κ2) is 7.39. The van der Waals surface area contributed by atoms with Crippen LogP contribution in [0, 0.1) is 5.92 Å². The van der Waals surface area contributed by atoms with Gasteiger partial charge in [0.2, 0.25) is 0 Å². The summed E-state index contributed by atoms with van der Waals surface area (Å²) < 4.78 is 34.1. The number of nitrogens with zero attached hydrogens (tertiary/aromatic N) is 2. The van der Waals surface area contributed by atoms with E-state index in [1.807, 2.05) is 48.2 Å². The van der Waals surface area contributed by atoms with E-state index < -0.39 is 10.0 Å². The summed E-state index contributed by atoms with van der Waals surface area (Å²) >= 11 is 0. The van der Waals surface area contributed by atoms with Gasteiger partial charge in [0.25, 0.3) is 10.0 Å². The molecule has 0 unspecified atom stereocenters. The lowest BCUT2D eigenvalue weighted by atomic mass is 9.96. The number of likely N-dealkylation sites (tertiary alicyclic amines) is 1. The molecule has 28 heavy (non-hydrogen) atoms. The summed E-state index contributed by atoms with van der Waals surface area (Å²) in [5.41, 5.74) is 1.61. The average Bonchev–Trinajstić information content (AvgIpc) is 3.00. The van der Waals surface area contributed by atoms with Crippen molar-refractivity contribution in [3.8, 4) is 0 Å². The third-order valence-corrected chi connectivity index (χ3v) is 6.63. The van der Waals surface area contributed by atoms with Crippen molar-refractivity contribution >= 4 is 21.8 Å². The predicted octanol–water partition coefficient (Wildman–Crippen LogP) is 3.15. The Balaban J connectivity index is 1.40. The van der Waals surface area contributed by atoms with Crippen molar-refractivity contribution in [3.63, 3.8) is 0 Å². The zero-order chi connectivity index (χ0) is 19.7. The number of sulfonamides is 1. The van der Waals surface area contributed by atoms with Crippen LogP contribution in [0.4, 0.5) is 0 Å². The molecule has 1 atom stereocenters. The molecule has 2 heterocycles. The molecule has 2 aromatic carbocycles. The number of piperidine rings is 1. The normalized spacial score (nSPS) is 19.6. The van der Waals surface area contributed by atoms with E-state index in [1.54, 1.807) is 18.2 Å². The van der Waals surface area contributed by atoms with Gasteiger partial charge in [0.15, 0.2) is 5.84 Å². The van der Waals surface area contributed by atoms with Crippen molar-refractivity contribution in [2.75, 3.05) is 13.1 Å². The maximum Gasteiger partial charge on any atom is 0.309 e. The second-order valence-corrected chi connectivity index (χ2v) is 8.71. The third-order valence-electron chi connectivity index (χ3n) is 5.30. The van der Waals surface area contributed by atoms with Crippen molar-refractivity contribution < 1.29 is 17.9 Å². The number of amidine groups is 1. The second-order valence-electron chi connectivity index (χ2n) is 7.14. The number of ether oxygens (including phenoxy) is 1. The molecule has 6 nitrogen and oxygen atoms in total. The van der Waals surface area contributed by atoms with E-state index in [2.05, 4.69) is 4.40 Å². The standard InChI is InChI=1S/C21H22N2O4S/c1-15(16-7-3-2-4-8-16)27-21(24)17-11-13-23(14-12-17)20-18-9-5-6-10-19(18)28(25,26)22-20/h2-10,15,17H,11-14H2,1H3/t15-/m0/s1. The number of carbonyl (C=O) groups excluding carboxylic acids is 1.